The van der Waals surface area contributed by atoms with E-state index in [-0.39, 0.29) is 11.7 Å². The third-order valence-electron chi connectivity index (χ3n) is 3.44. The molecule has 0 unspecified atom stereocenters. The van der Waals surface area contributed by atoms with Crippen LogP contribution in [0.2, 0.25) is 0 Å². The van der Waals surface area contributed by atoms with Crippen molar-refractivity contribution in [2.24, 2.45) is 0 Å². The van der Waals surface area contributed by atoms with Gasteiger partial charge >= 0.3 is 0 Å². The number of ether oxygens (including phenoxy) is 1. The van der Waals surface area contributed by atoms with Gasteiger partial charge in [-0.05, 0) is 47.8 Å². The van der Waals surface area contributed by atoms with Crippen molar-refractivity contribution >= 4 is 34.4 Å². The fourth-order valence-corrected chi connectivity index (χ4v) is 3.69. The molecule has 1 aromatic carbocycles. The van der Waals surface area contributed by atoms with E-state index < -0.39 is 0 Å². The van der Waals surface area contributed by atoms with Crippen molar-refractivity contribution in [3.05, 3.63) is 74.1 Å². The average Bonchev–Trinajstić information content (AvgIpc) is 3.31. The molecule has 2 heterocycles. The first-order chi connectivity index (χ1) is 11.7. The number of carbonyl (C=O) groups excluding carboxylic acids is 2. The molecule has 0 aliphatic carbocycles. The summed E-state index contributed by atoms with van der Waals surface area (Å²) in [5.41, 5.74) is 1.28. The normalized spacial score (nSPS) is 10.4. The van der Waals surface area contributed by atoms with Gasteiger partial charge in [-0.2, -0.15) is 11.3 Å². The molecule has 6 heteroatoms. The molecule has 0 saturated heterocycles. The van der Waals surface area contributed by atoms with Crippen LogP contribution < -0.4 is 10.1 Å². The van der Waals surface area contributed by atoms with Crippen LogP contribution in [0.5, 0.6) is 5.75 Å². The fourth-order valence-electron chi connectivity index (χ4n) is 2.14. The van der Waals surface area contributed by atoms with Crippen LogP contribution in [0.25, 0.3) is 0 Å². The Labute approximate surface area is 147 Å². The van der Waals surface area contributed by atoms with Crippen molar-refractivity contribution in [3.8, 4) is 5.75 Å². The van der Waals surface area contributed by atoms with Crippen LogP contribution in [0.1, 0.15) is 30.5 Å². The lowest BCUT2D eigenvalue weighted by molar-refractivity contribution is 0.0950. The van der Waals surface area contributed by atoms with Gasteiger partial charge in [0.25, 0.3) is 5.91 Å². The highest BCUT2D eigenvalue weighted by atomic mass is 32.1. The van der Waals surface area contributed by atoms with Crippen LogP contribution >= 0.6 is 22.7 Å². The molecule has 3 rings (SSSR count). The number of thiophene rings is 2. The van der Waals surface area contributed by atoms with E-state index in [2.05, 4.69) is 5.32 Å². The van der Waals surface area contributed by atoms with Crippen LogP contribution in [0.3, 0.4) is 0 Å². The average molecular weight is 357 g/mol. The number of nitrogens with one attached hydrogen (secondary N) is 1. The number of hydrogen-bond donors (Lipinski definition) is 1. The summed E-state index contributed by atoms with van der Waals surface area (Å²) in [5.74, 6) is 0.576. The van der Waals surface area contributed by atoms with Crippen LogP contribution in [0.4, 0.5) is 0 Å². The van der Waals surface area contributed by atoms with Gasteiger partial charge in [0.05, 0.1) is 18.5 Å². The lowest BCUT2D eigenvalue weighted by atomic mass is 10.2. The number of rotatable bonds is 6. The van der Waals surface area contributed by atoms with E-state index in [1.165, 1.54) is 22.7 Å². The molecule has 0 aliphatic heterocycles. The first-order valence-electron chi connectivity index (χ1n) is 7.25. The molecule has 0 saturated carbocycles. The second kappa shape index (κ2) is 7.42. The molecule has 0 bridgehead atoms. The van der Waals surface area contributed by atoms with Gasteiger partial charge < -0.3 is 10.1 Å². The molecule has 0 radical (unpaired) electrons. The van der Waals surface area contributed by atoms with E-state index in [1.807, 2.05) is 22.9 Å². The molecule has 1 amide bonds. The Morgan fingerprint density at radius 2 is 1.83 bits per heavy atom. The van der Waals surface area contributed by atoms with Crippen molar-refractivity contribution in [1.82, 2.24) is 5.32 Å². The first-order valence-corrected chi connectivity index (χ1v) is 9.01. The highest BCUT2D eigenvalue weighted by Gasteiger charge is 2.13. The lowest BCUT2D eigenvalue weighted by Gasteiger charge is -2.05. The van der Waals surface area contributed by atoms with Gasteiger partial charge in [-0.15, -0.1) is 11.3 Å². The SMILES string of the molecule is COc1ccc(C(=O)NCc2ccc(C(=O)c3ccsc3)s2)cc1. The summed E-state index contributed by atoms with van der Waals surface area (Å²) in [6, 6.07) is 12.4. The van der Waals surface area contributed by atoms with E-state index >= 15 is 0 Å². The number of ketones is 1. The Morgan fingerprint density at radius 1 is 1.04 bits per heavy atom. The second-order valence-electron chi connectivity index (χ2n) is 5.02. The molecule has 4 nitrogen and oxygen atoms in total. The van der Waals surface area contributed by atoms with Gasteiger partial charge in [-0.3, -0.25) is 9.59 Å². The predicted molar refractivity (Wildman–Crippen MR) is 96.2 cm³/mol. The Morgan fingerprint density at radius 3 is 2.50 bits per heavy atom. The maximum atomic E-state index is 12.3. The van der Waals surface area contributed by atoms with Gasteiger partial charge in [0, 0.05) is 21.4 Å². The molecule has 0 spiro atoms. The maximum Gasteiger partial charge on any atom is 0.251 e. The van der Waals surface area contributed by atoms with Crippen molar-refractivity contribution in [1.29, 1.82) is 0 Å². The zero-order valence-corrected chi connectivity index (χ0v) is 14.6. The van der Waals surface area contributed by atoms with E-state index in [0.717, 1.165) is 4.88 Å². The highest BCUT2D eigenvalue weighted by Crippen LogP contribution is 2.21. The van der Waals surface area contributed by atoms with Gasteiger partial charge in [0.2, 0.25) is 5.78 Å². The summed E-state index contributed by atoms with van der Waals surface area (Å²) in [7, 11) is 1.58. The number of amides is 1. The summed E-state index contributed by atoms with van der Waals surface area (Å²) in [6.45, 7) is 0.395. The van der Waals surface area contributed by atoms with Crippen molar-refractivity contribution in [2.45, 2.75) is 6.54 Å². The van der Waals surface area contributed by atoms with E-state index in [1.54, 1.807) is 37.4 Å². The van der Waals surface area contributed by atoms with Gasteiger partial charge in [0.1, 0.15) is 5.75 Å². The minimum absolute atomic E-state index is 0.0222. The summed E-state index contributed by atoms with van der Waals surface area (Å²) in [4.78, 5) is 26.0. The topological polar surface area (TPSA) is 55.4 Å². The lowest BCUT2D eigenvalue weighted by Crippen LogP contribution is -2.22. The third kappa shape index (κ3) is 3.72. The number of methoxy groups -OCH3 is 1. The Balaban J connectivity index is 1.60. The van der Waals surface area contributed by atoms with Gasteiger partial charge in [-0.1, -0.05) is 0 Å². The molecule has 2 aromatic heterocycles. The molecule has 3 aromatic rings. The number of carbonyl (C=O) groups is 2. The number of benzene rings is 1. The minimum Gasteiger partial charge on any atom is -0.497 e. The van der Waals surface area contributed by atoms with E-state index in [9.17, 15) is 9.59 Å². The standard InChI is InChI=1S/C18H15NO3S2/c1-22-14-4-2-12(3-5-14)18(21)19-10-15-6-7-16(24-15)17(20)13-8-9-23-11-13/h2-9,11H,10H2,1H3,(H,19,21). The van der Waals surface area contributed by atoms with E-state index in [0.29, 0.717) is 28.3 Å². The largest absolute Gasteiger partial charge is 0.497 e. The van der Waals surface area contributed by atoms with Crippen molar-refractivity contribution < 1.29 is 14.3 Å². The molecule has 122 valence electrons. The molecule has 24 heavy (non-hydrogen) atoms. The smallest absolute Gasteiger partial charge is 0.251 e. The van der Waals surface area contributed by atoms with Crippen LogP contribution in [0.15, 0.2) is 53.2 Å². The summed E-state index contributed by atoms with van der Waals surface area (Å²) in [6.07, 6.45) is 0. The molecular weight excluding hydrogens is 342 g/mol. The second-order valence-corrected chi connectivity index (χ2v) is 6.97. The maximum absolute atomic E-state index is 12.3. The first kappa shape index (κ1) is 16.4. The van der Waals surface area contributed by atoms with Crippen molar-refractivity contribution in [3.63, 3.8) is 0 Å². The Hall–Kier alpha value is -2.44. The van der Waals surface area contributed by atoms with E-state index in [4.69, 9.17) is 4.74 Å². The monoisotopic (exact) mass is 357 g/mol. The summed E-state index contributed by atoms with van der Waals surface area (Å²) < 4.78 is 5.07. The van der Waals surface area contributed by atoms with Crippen LogP contribution in [-0.2, 0) is 6.54 Å². The third-order valence-corrected chi connectivity index (χ3v) is 5.21. The highest BCUT2D eigenvalue weighted by molar-refractivity contribution is 7.14. The van der Waals surface area contributed by atoms with Crippen LogP contribution in [-0.4, -0.2) is 18.8 Å². The molecule has 0 aliphatic rings. The fraction of sp³-hybridized carbons (Fsp3) is 0.111. The number of hydrogen-bond acceptors (Lipinski definition) is 5. The molecule has 1 N–H and O–H groups in total. The summed E-state index contributed by atoms with van der Waals surface area (Å²) in [5, 5.41) is 6.59. The van der Waals surface area contributed by atoms with Gasteiger partial charge in [-0.25, -0.2) is 0 Å². The Kier molecular flexibility index (Phi) is 5.08. The minimum atomic E-state index is -0.156. The Bertz CT molecular complexity index is 836. The molecule has 0 fully saturated rings. The van der Waals surface area contributed by atoms with Crippen molar-refractivity contribution in [2.75, 3.05) is 7.11 Å². The molecule has 0 atom stereocenters. The molecular formula is C18H15NO3S2. The van der Waals surface area contributed by atoms with Crippen LogP contribution in [0, 0.1) is 0 Å². The zero-order valence-electron chi connectivity index (χ0n) is 12.9. The quantitative estimate of drug-likeness (QED) is 0.679. The van der Waals surface area contributed by atoms with Gasteiger partial charge in [0.15, 0.2) is 0 Å². The predicted octanol–water partition coefficient (Wildman–Crippen LogP) is 3.98. The zero-order chi connectivity index (χ0) is 16.9. The summed E-state index contributed by atoms with van der Waals surface area (Å²) >= 11 is 2.90.